The number of ether oxygens (including phenoxy) is 3. The fourth-order valence-corrected chi connectivity index (χ4v) is 16.8. The van der Waals surface area contributed by atoms with Gasteiger partial charge >= 0.3 is 24.1 Å². The highest BCUT2D eigenvalue weighted by Crippen LogP contribution is 2.52. The number of esters is 3. The largest absolute Gasteiger partial charge is 0.465 e. The molecule has 6 heterocycles. The van der Waals surface area contributed by atoms with Gasteiger partial charge < -0.3 is 19.9 Å². The third kappa shape index (κ3) is 16.3. The van der Waals surface area contributed by atoms with Gasteiger partial charge in [-0.25, -0.2) is 24.1 Å². The molecule has 8 aromatic carbocycles. The van der Waals surface area contributed by atoms with Crippen LogP contribution in [0, 0.1) is 42.7 Å². The minimum atomic E-state index is -1.04. The van der Waals surface area contributed by atoms with Crippen molar-refractivity contribution in [2.45, 2.75) is 143 Å². The number of fused-ring (bicyclic) bond motifs is 4. The molecule has 115 heavy (non-hydrogen) atoms. The van der Waals surface area contributed by atoms with E-state index in [1.807, 2.05) is 0 Å². The first kappa shape index (κ1) is 84.6. The number of aromatic nitrogens is 4. The number of benzene rings is 8. The molecule has 0 saturated heterocycles. The monoisotopic (exact) mass is 1660 g/mol. The predicted octanol–water partition coefficient (Wildman–Crippen LogP) is 22.0. The summed E-state index contributed by atoms with van der Waals surface area (Å²) < 4.78 is 16.4. The highest BCUT2D eigenvalue weighted by atomic mass is 35.5. The van der Waals surface area contributed by atoms with E-state index in [1.165, 1.54) is 122 Å². The molecule has 0 saturated carbocycles. The van der Waals surface area contributed by atoms with Crippen LogP contribution in [0.15, 0.2) is 73.3 Å². The number of rotatable bonds is 25. The predicted molar refractivity (Wildman–Crippen MR) is 442 cm³/mol. The lowest BCUT2D eigenvalue weighted by molar-refractivity contribution is -0.191. The number of aryl methyl sites for hydroxylation is 1. The molecule has 2 N–H and O–H groups in total. The molecule has 584 valence electrons. The van der Waals surface area contributed by atoms with Crippen molar-refractivity contribution < 1.29 is 57.4 Å². The van der Waals surface area contributed by atoms with Gasteiger partial charge in [0.15, 0.2) is 22.9 Å². The molecule has 0 unspecified atom stereocenters. The number of methoxy groups -OCH3 is 1. The third-order valence-corrected chi connectivity index (χ3v) is 21.9. The van der Waals surface area contributed by atoms with Gasteiger partial charge in [-0.05, 0) is 86.8 Å². The lowest BCUT2D eigenvalue weighted by Gasteiger charge is -2.30. The number of hydrogen-bond acceptors (Lipinski definition) is 19. The van der Waals surface area contributed by atoms with E-state index in [2.05, 4.69) is 52.6 Å². The van der Waals surface area contributed by atoms with Crippen LogP contribution < -0.4 is 15.2 Å². The molecule has 4 aromatic heterocycles. The maximum atomic E-state index is 14.0. The van der Waals surface area contributed by atoms with E-state index >= 15 is 0 Å². The average Bonchev–Trinajstić information content (AvgIpc) is 0.716. The maximum absolute atomic E-state index is 14.0. The van der Waals surface area contributed by atoms with Gasteiger partial charge in [0.2, 0.25) is 0 Å². The van der Waals surface area contributed by atoms with Crippen LogP contribution >= 0.6 is 69.6 Å². The first-order chi connectivity index (χ1) is 55.5. The molecule has 4 amide bonds. The molecule has 29 heteroatoms. The topological polar surface area (TPSA) is 322 Å². The Balaban J connectivity index is 0.000000199. The van der Waals surface area contributed by atoms with Crippen LogP contribution in [0.1, 0.15) is 226 Å². The molecule has 0 aliphatic carbocycles. The van der Waals surface area contributed by atoms with Gasteiger partial charge in [0.05, 0.1) is 119 Å². The van der Waals surface area contributed by atoms with Gasteiger partial charge in [0, 0.05) is 118 Å². The summed E-state index contributed by atoms with van der Waals surface area (Å²) in [6.07, 6.45) is 25.8. The number of halogens is 6. The van der Waals surface area contributed by atoms with Crippen molar-refractivity contribution in [3.63, 3.8) is 0 Å². The average molecular weight is 1660 g/mol. The second-order valence-corrected chi connectivity index (χ2v) is 30.0. The van der Waals surface area contributed by atoms with E-state index in [9.17, 15) is 44.1 Å². The number of nitrogens with zero attached hydrogens (tertiary/aromatic N) is 10. The van der Waals surface area contributed by atoms with E-state index in [4.69, 9.17) is 122 Å². The van der Waals surface area contributed by atoms with Crippen LogP contribution in [0.5, 0.6) is 11.5 Å². The molecule has 0 radical (unpaired) electrons. The van der Waals surface area contributed by atoms with Crippen molar-refractivity contribution in [2.75, 3.05) is 26.7 Å². The summed E-state index contributed by atoms with van der Waals surface area (Å²) in [5.41, 5.74) is 7.44. The number of hydrogen-bond donors (Lipinski definition) is 1. The molecule has 0 fully saturated rings. The molecule has 2 aliphatic rings. The summed E-state index contributed by atoms with van der Waals surface area (Å²) in [6.45, 7) is 26.0. The molecular formula is C86H71Cl6N11O12. The van der Waals surface area contributed by atoms with E-state index in [0.717, 1.165) is 77.9 Å². The lowest BCUT2D eigenvalue weighted by Crippen LogP contribution is -2.41. The fraction of sp³-hybridized carbons (Fsp3) is 0.302. The molecule has 23 nitrogen and oxygen atoms in total. The standard InChI is InChI=1S/C40H38N6O4.C37H14Cl6N4O6.C8H19N.CO2/c1-4-6-8-10-12-14-16-45-37(47)24-18-23(20-41)29-33-30(24)26(39(45)49)22-44-36(33)32-28(42-3)19-25-31-27(21-43-35(29)34(31)32)40(50)46(38(25)48)17-15-13-11-9-7-5-2;1-13-11-46-32-28-24(45-2)9-18(37(50)53-34-22(42)7-16(39)8-23(34)43)27-19(35(48)51-3)12-47-31(30(27)28)26-14(10-44)4-17(25(13)29(26)32)36(49)52-33-20(40)5-15(38)6-21(33)41;1-2-3-4-5-6-7-8-9;2-1-3/h18-19,21-22H,4-17H2,1-2H3;4-9,11-12H,1,3H3;2-9H2,1H3;. The van der Waals surface area contributed by atoms with Crippen LogP contribution in [0.4, 0.5) is 11.4 Å². The third-order valence-electron chi connectivity index (χ3n) is 20.3. The maximum Gasteiger partial charge on any atom is 0.373 e. The minimum absolute atomic E-state index is 0.0176. The Hall–Kier alpha value is -11.3. The van der Waals surface area contributed by atoms with Crippen LogP contribution in [-0.4, -0.2) is 104 Å². The van der Waals surface area contributed by atoms with Crippen molar-refractivity contribution in [3.05, 3.63) is 182 Å². The Labute approximate surface area is 689 Å². The summed E-state index contributed by atoms with van der Waals surface area (Å²) in [4.78, 5) is 142. The second kappa shape index (κ2) is 37.3. The van der Waals surface area contributed by atoms with E-state index < -0.39 is 41.5 Å². The first-order valence-corrected chi connectivity index (χ1v) is 39.5. The Bertz CT molecular complexity index is 6000. The van der Waals surface area contributed by atoms with Gasteiger partial charge in [-0.2, -0.15) is 20.1 Å². The summed E-state index contributed by atoms with van der Waals surface area (Å²) >= 11 is 37.3. The van der Waals surface area contributed by atoms with Crippen molar-refractivity contribution in [1.29, 1.82) is 10.5 Å². The highest BCUT2D eigenvalue weighted by molar-refractivity contribution is 6.45. The van der Waals surface area contributed by atoms with Crippen molar-refractivity contribution >= 4 is 215 Å². The molecule has 0 spiro atoms. The molecule has 0 atom stereocenters. The molecule has 0 bridgehead atoms. The zero-order valence-electron chi connectivity index (χ0n) is 63.0. The number of pyridine rings is 4. The number of carbonyl (C=O) groups is 7. The number of amides is 4. The van der Waals surface area contributed by atoms with Gasteiger partial charge in [-0.3, -0.25) is 48.9 Å². The number of nitrogens with two attached hydrogens (primary N) is 1. The van der Waals surface area contributed by atoms with E-state index in [0.29, 0.717) is 67.1 Å². The van der Waals surface area contributed by atoms with Crippen LogP contribution in [0.25, 0.3) is 96.4 Å². The summed E-state index contributed by atoms with van der Waals surface area (Å²) in [5, 5.41) is 24.6. The van der Waals surface area contributed by atoms with Crippen molar-refractivity contribution in [1.82, 2.24) is 29.7 Å². The Morgan fingerprint density at radius 2 is 0.791 bits per heavy atom. The first-order valence-electron chi connectivity index (χ1n) is 37.2. The molecular weight excluding hydrogens is 1590 g/mol. The smallest absolute Gasteiger partial charge is 0.373 e. The number of nitriles is 2. The van der Waals surface area contributed by atoms with Crippen LogP contribution in [0.3, 0.4) is 0 Å². The zero-order chi connectivity index (χ0) is 82.8. The summed E-state index contributed by atoms with van der Waals surface area (Å²) in [6, 6.07) is 15.3. The van der Waals surface area contributed by atoms with Gasteiger partial charge in [-0.1, -0.05) is 187 Å². The summed E-state index contributed by atoms with van der Waals surface area (Å²) in [5.74, 6) is -5.00. The number of unbranched alkanes of at least 4 members (excludes halogenated alkanes) is 15. The van der Waals surface area contributed by atoms with Crippen molar-refractivity contribution in [3.8, 4) is 23.6 Å². The SMILES string of the molecule is CCCCCCCCN.O=C=O.[C-]#[N+]c1cc(C(=O)Oc2c(Cl)cc(Cl)cc2Cl)c2c(C(=O)OC)cnc3c4c(C#N)cc(C(=O)Oc5c(Cl)cc(Cl)cc5Cl)c5c(C)cnc(c1c23)c54.[C-]#[N+]c1cc2c3c(cnc4c5c(C#N)cc6c7c(cnc(c1c34)c75)C(=O)N(CCCCCCCC)C6=O)C(=O)N(CCCCCCCC)C2=O. The molecule has 14 rings (SSSR count). The summed E-state index contributed by atoms with van der Waals surface area (Å²) in [7, 11) is 1.15. The lowest BCUT2D eigenvalue weighted by atomic mass is 9.84. The van der Waals surface area contributed by atoms with Gasteiger partial charge in [0.1, 0.15) is 0 Å². The van der Waals surface area contributed by atoms with E-state index in [-0.39, 0.29) is 160 Å². The normalized spacial score (nSPS) is 12.2. The number of carbonyl (C=O) groups excluding carboxylic acids is 9. The Morgan fingerprint density at radius 1 is 0.435 bits per heavy atom. The zero-order valence-corrected chi connectivity index (χ0v) is 67.5. The minimum Gasteiger partial charge on any atom is -0.465 e. The van der Waals surface area contributed by atoms with Crippen LogP contribution in [0.2, 0.25) is 30.1 Å². The van der Waals surface area contributed by atoms with Gasteiger partial charge in [0.25, 0.3) is 23.6 Å². The van der Waals surface area contributed by atoms with E-state index in [1.54, 1.807) is 6.92 Å². The van der Waals surface area contributed by atoms with Crippen LogP contribution in [-0.2, 0) is 14.3 Å². The fourth-order valence-electron chi connectivity index (χ4n) is 15.0. The highest BCUT2D eigenvalue weighted by Gasteiger charge is 2.40. The number of imide groups is 2. The Morgan fingerprint density at radius 3 is 1.23 bits per heavy atom. The molecule has 2 aliphatic heterocycles. The van der Waals surface area contributed by atoms with Crippen molar-refractivity contribution in [2.24, 2.45) is 5.73 Å². The quantitative estimate of drug-likeness (QED) is 0.0106. The van der Waals surface area contributed by atoms with Gasteiger partial charge in [-0.15, -0.1) is 0 Å². The molecule has 12 aromatic rings. The second-order valence-electron chi connectivity index (χ2n) is 27.5. The Kier molecular flexibility index (Phi) is 27.5.